The van der Waals surface area contributed by atoms with Gasteiger partial charge in [0.2, 0.25) is 5.95 Å². The number of anilines is 2. The Kier molecular flexibility index (Phi) is 7.41. The Hall–Kier alpha value is -2.93. The Morgan fingerprint density at radius 1 is 1.17 bits per heavy atom. The van der Waals surface area contributed by atoms with E-state index < -0.39 is 35.7 Å². The van der Waals surface area contributed by atoms with Crippen molar-refractivity contribution in [3.8, 4) is 10.6 Å². The maximum atomic E-state index is 12.2. The second-order valence-corrected chi connectivity index (χ2v) is 11.0. The molecule has 3 aromatic heterocycles. The number of nitrogens with one attached hydrogen (secondary N) is 2. The molecular weight excluding hydrogens is 484 g/mol. The maximum absolute atomic E-state index is 12.2. The van der Waals surface area contributed by atoms with Crippen LogP contribution in [0, 0.1) is 19.8 Å². The fourth-order valence-electron chi connectivity index (χ4n) is 4.25. The number of rotatable bonds is 7. The molecule has 0 bridgehead atoms. The number of carbonyl (C=O) groups is 1. The molecule has 1 saturated carbocycles. The number of pyridine rings is 1. The van der Waals surface area contributed by atoms with Gasteiger partial charge in [-0.05, 0) is 47.1 Å². The number of thiazole rings is 1. The summed E-state index contributed by atoms with van der Waals surface area (Å²) in [6, 6.07) is 1.34. The van der Waals surface area contributed by atoms with Crippen LogP contribution in [0.4, 0.5) is 11.8 Å². The third-order valence-electron chi connectivity index (χ3n) is 5.96. The van der Waals surface area contributed by atoms with Gasteiger partial charge in [-0.1, -0.05) is 0 Å². The average Bonchev–Trinajstić information content (AvgIpc) is 3.33. The van der Waals surface area contributed by atoms with Gasteiger partial charge >= 0.3 is 5.97 Å². The average molecular weight is 517 g/mol. The third-order valence-corrected chi connectivity index (χ3v) is 7.00. The smallest absolute Gasteiger partial charge is 0.325 e. The first-order valence-corrected chi connectivity index (χ1v) is 12.6. The van der Waals surface area contributed by atoms with Crippen molar-refractivity contribution in [3.63, 3.8) is 0 Å². The van der Waals surface area contributed by atoms with E-state index in [1.165, 1.54) is 11.3 Å². The van der Waals surface area contributed by atoms with E-state index in [1.54, 1.807) is 27.0 Å². The van der Waals surface area contributed by atoms with Gasteiger partial charge in [0.25, 0.3) is 0 Å². The van der Waals surface area contributed by atoms with Crippen LogP contribution in [-0.2, 0) is 9.53 Å². The Balaban J connectivity index is 1.70. The number of aliphatic hydroxyl groups excluding tert-OH is 3. The molecule has 0 aromatic carbocycles. The highest BCUT2D eigenvalue weighted by atomic mass is 32.1. The Bertz CT molecular complexity index is 1260. The van der Waals surface area contributed by atoms with Crippen LogP contribution in [0.5, 0.6) is 0 Å². The second kappa shape index (κ2) is 10.2. The van der Waals surface area contributed by atoms with E-state index in [0.717, 1.165) is 15.9 Å². The minimum Gasteiger partial charge on any atom is -0.459 e. The zero-order valence-corrected chi connectivity index (χ0v) is 21.8. The molecule has 0 unspecified atom stereocenters. The predicted molar refractivity (Wildman–Crippen MR) is 137 cm³/mol. The summed E-state index contributed by atoms with van der Waals surface area (Å²) in [5, 5.41) is 37.3. The van der Waals surface area contributed by atoms with E-state index in [-0.39, 0.29) is 19.1 Å². The first kappa shape index (κ1) is 26.1. The van der Waals surface area contributed by atoms with Crippen molar-refractivity contribution in [2.75, 3.05) is 23.8 Å². The number of nitrogens with zero attached hydrogens (tertiary/aromatic N) is 4. The zero-order valence-electron chi connectivity index (χ0n) is 20.9. The molecule has 3 aromatic rings. The van der Waals surface area contributed by atoms with Crippen molar-refractivity contribution in [2.45, 2.75) is 64.9 Å². The molecular formula is C24H32N6O5S. The van der Waals surface area contributed by atoms with Crippen LogP contribution in [0.25, 0.3) is 20.8 Å². The summed E-state index contributed by atoms with van der Waals surface area (Å²) >= 11 is 1.47. The van der Waals surface area contributed by atoms with Crippen LogP contribution >= 0.6 is 11.3 Å². The van der Waals surface area contributed by atoms with Crippen molar-refractivity contribution in [3.05, 3.63) is 23.7 Å². The summed E-state index contributed by atoms with van der Waals surface area (Å²) in [7, 11) is 0. The maximum Gasteiger partial charge on any atom is 0.325 e. The monoisotopic (exact) mass is 516 g/mol. The number of ether oxygens (including phenoxy) is 1. The van der Waals surface area contributed by atoms with Gasteiger partial charge in [0.05, 0.1) is 33.8 Å². The molecule has 1 aliphatic rings. The number of aromatic nitrogens is 4. The highest BCUT2D eigenvalue weighted by Gasteiger charge is 2.41. The van der Waals surface area contributed by atoms with Crippen LogP contribution in [0.15, 0.2) is 12.3 Å². The molecule has 11 nitrogen and oxygen atoms in total. The van der Waals surface area contributed by atoms with Crippen molar-refractivity contribution < 1.29 is 24.9 Å². The van der Waals surface area contributed by atoms with Crippen LogP contribution in [0.1, 0.15) is 38.6 Å². The number of hydrogen-bond acceptors (Lipinski definition) is 12. The van der Waals surface area contributed by atoms with E-state index in [4.69, 9.17) is 9.72 Å². The van der Waals surface area contributed by atoms with E-state index in [2.05, 4.69) is 25.6 Å². The molecule has 5 N–H and O–H groups in total. The fraction of sp³-hybridized carbons (Fsp3) is 0.542. The van der Waals surface area contributed by atoms with Gasteiger partial charge in [0.1, 0.15) is 34.6 Å². The lowest BCUT2D eigenvalue weighted by molar-refractivity contribution is -0.152. The van der Waals surface area contributed by atoms with Crippen molar-refractivity contribution in [1.29, 1.82) is 0 Å². The zero-order chi connectivity index (χ0) is 26.2. The van der Waals surface area contributed by atoms with Crippen molar-refractivity contribution >= 4 is 39.3 Å². The number of hydrogen-bond donors (Lipinski definition) is 5. The van der Waals surface area contributed by atoms with Crippen LogP contribution in [0.3, 0.4) is 0 Å². The molecule has 3 heterocycles. The molecule has 1 fully saturated rings. The molecule has 194 valence electrons. The number of esters is 1. The quantitative estimate of drug-likeness (QED) is 0.292. The molecule has 4 rings (SSSR count). The minimum atomic E-state index is -1.09. The lowest BCUT2D eigenvalue weighted by Crippen LogP contribution is -2.36. The predicted octanol–water partition coefficient (Wildman–Crippen LogP) is 2.03. The van der Waals surface area contributed by atoms with Gasteiger partial charge in [-0.3, -0.25) is 9.78 Å². The van der Waals surface area contributed by atoms with Gasteiger partial charge in [0.15, 0.2) is 0 Å². The molecule has 1 aliphatic carbocycles. The Labute approximate surface area is 213 Å². The second-order valence-electron chi connectivity index (χ2n) is 9.97. The van der Waals surface area contributed by atoms with Crippen molar-refractivity contribution in [2.24, 2.45) is 5.92 Å². The number of aliphatic hydroxyl groups is 3. The summed E-state index contributed by atoms with van der Waals surface area (Å²) in [5.41, 5.74) is 2.22. The summed E-state index contributed by atoms with van der Waals surface area (Å²) in [6.45, 7) is 8.71. The molecule has 0 saturated heterocycles. The normalized spacial score (nSPS) is 22.1. The van der Waals surface area contributed by atoms with E-state index in [0.29, 0.717) is 28.5 Å². The summed E-state index contributed by atoms with van der Waals surface area (Å²) in [4.78, 5) is 30.4. The largest absolute Gasteiger partial charge is 0.459 e. The van der Waals surface area contributed by atoms with Crippen molar-refractivity contribution in [1.82, 2.24) is 19.9 Å². The molecule has 12 heteroatoms. The molecule has 4 atom stereocenters. The van der Waals surface area contributed by atoms with Gasteiger partial charge in [-0.25, -0.2) is 9.97 Å². The van der Waals surface area contributed by atoms with E-state index >= 15 is 0 Å². The van der Waals surface area contributed by atoms with E-state index in [9.17, 15) is 20.1 Å². The number of carbonyl (C=O) groups excluding carboxylic acids is 1. The van der Waals surface area contributed by atoms with E-state index in [1.807, 2.05) is 19.9 Å². The van der Waals surface area contributed by atoms with Crippen LogP contribution < -0.4 is 10.6 Å². The topological polar surface area (TPSA) is 163 Å². The Morgan fingerprint density at radius 3 is 2.56 bits per heavy atom. The molecule has 0 spiro atoms. The standard InChI is InChI=1S/C24H32N6O5S/c1-11-17(22-29-18-12(2)25-7-6-15(18)36-22)21(28-14-8-13(10-31)19(33)20(14)34)30-23(27-11)26-9-16(32)35-24(3,4)5/h6-7,13-14,19-20,31,33-34H,8-10H2,1-5H3,(H2,26,27,28,30)/t13-,14-,19-,20+/m1/s1. The summed E-state index contributed by atoms with van der Waals surface area (Å²) < 4.78 is 6.31. The lowest BCUT2D eigenvalue weighted by atomic mass is 10.1. The van der Waals surface area contributed by atoms with Crippen LogP contribution in [0.2, 0.25) is 0 Å². The SMILES string of the molecule is Cc1nc(NCC(=O)OC(C)(C)C)nc(N[C@@H]2C[C@H](CO)[C@@H](O)[C@H]2O)c1-c1nc2c(C)nccc2s1. The van der Waals surface area contributed by atoms with Gasteiger partial charge < -0.3 is 30.7 Å². The molecule has 36 heavy (non-hydrogen) atoms. The first-order chi connectivity index (χ1) is 17.0. The first-order valence-electron chi connectivity index (χ1n) is 11.8. The lowest BCUT2D eigenvalue weighted by Gasteiger charge is -2.22. The number of aryl methyl sites for hydroxylation is 2. The highest BCUT2D eigenvalue weighted by Crippen LogP contribution is 2.38. The fourth-order valence-corrected chi connectivity index (χ4v) is 5.37. The number of fused-ring (bicyclic) bond motifs is 1. The third kappa shape index (κ3) is 5.56. The van der Waals surface area contributed by atoms with Gasteiger partial charge in [0, 0.05) is 18.7 Å². The summed E-state index contributed by atoms with van der Waals surface area (Å²) in [5.74, 6) is -0.301. The minimum absolute atomic E-state index is 0.126. The highest BCUT2D eigenvalue weighted by molar-refractivity contribution is 7.21. The summed E-state index contributed by atoms with van der Waals surface area (Å²) in [6.07, 6.45) is -0.0628. The molecule has 0 amide bonds. The van der Waals surface area contributed by atoms with Gasteiger partial charge in [-0.15, -0.1) is 11.3 Å². The molecule has 0 radical (unpaired) electrons. The molecule has 0 aliphatic heterocycles. The van der Waals surface area contributed by atoms with Gasteiger partial charge in [-0.2, -0.15) is 4.98 Å². The Morgan fingerprint density at radius 2 is 1.92 bits per heavy atom. The van der Waals surface area contributed by atoms with Crippen LogP contribution in [-0.4, -0.2) is 78.2 Å².